The first kappa shape index (κ1) is 16.5. The highest BCUT2D eigenvalue weighted by atomic mass is 35.5. The van der Waals surface area contributed by atoms with Crippen LogP contribution in [0.4, 0.5) is 0 Å². The third-order valence-corrected chi connectivity index (χ3v) is 3.83. The number of hydrogen-bond acceptors (Lipinski definition) is 2. The second-order valence-corrected chi connectivity index (χ2v) is 5.98. The highest BCUT2D eigenvalue weighted by molar-refractivity contribution is 6.30. The van der Waals surface area contributed by atoms with Crippen LogP contribution in [0.5, 0.6) is 0 Å². The van der Waals surface area contributed by atoms with E-state index in [1.807, 2.05) is 54.6 Å². The second-order valence-electron chi connectivity index (χ2n) is 5.54. The summed E-state index contributed by atoms with van der Waals surface area (Å²) in [5.74, 6) is -0.0776. The fourth-order valence-corrected chi connectivity index (χ4v) is 2.29. The van der Waals surface area contributed by atoms with Crippen molar-refractivity contribution in [3.63, 3.8) is 0 Å². The van der Waals surface area contributed by atoms with Crippen LogP contribution in [0.15, 0.2) is 54.6 Å². The highest BCUT2D eigenvalue weighted by Crippen LogP contribution is 2.19. The molecule has 1 unspecified atom stereocenters. The predicted octanol–water partition coefficient (Wildman–Crippen LogP) is 3.30. The first-order chi connectivity index (χ1) is 10.5. The molecule has 1 amide bonds. The van der Waals surface area contributed by atoms with Crippen molar-refractivity contribution in [2.75, 3.05) is 6.54 Å². The van der Waals surface area contributed by atoms with Crippen LogP contribution >= 0.6 is 11.6 Å². The molecule has 22 heavy (non-hydrogen) atoms. The van der Waals surface area contributed by atoms with E-state index >= 15 is 0 Å². The first-order valence-electron chi connectivity index (χ1n) is 7.26. The standard InChI is InChI=1S/C18H20ClNO2/c1-18(22,15-5-3-2-4-6-15)13-20-17(21)12-9-14-7-10-16(19)11-8-14/h2-8,10-11,22H,9,12-13H2,1H3,(H,20,21). The van der Waals surface area contributed by atoms with Gasteiger partial charge in [0.05, 0.1) is 6.54 Å². The van der Waals surface area contributed by atoms with E-state index in [0.717, 1.165) is 11.1 Å². The normalized spacial score (nSPS) is 13.4. The van der Waals surface area contributed by atoms with Gasteiger partial charge in [0.1, 0.15) is 5.60 Å². The molecule has 0 fully saturated rings. The lowest BCUT2D eigenvalue weighted by atomic mass is 9.96. The Morgan fingerprint density at radius 3 is 2.41 bits per heavy atom. The van der Waals surface area contributed by atoms with E-state index in [-0.39, 0.29) is 12.5 Å². The number of hydrogen-bond donors (Lipinski definition) is 2. The quantitative estimate of drug-likeness (QED) is 0.859. The van der Waals surface area contributed by atoms with Crippen LogP contribution in [0, 0.1) is 0 Å². The van der Waals surface area contributed by atoms with Gasteiger partial charge in [-0.3, -0.25) is 4.79 Å². The molecule has 0 aromatic heterocycles. The molecule has 0 saturated carbocycles. The van der Waals surface area contributed by atoms with Crippen molar-refractivity contribution in [2.45, 2.75) is 25.4 Å². The molecule has 0 aliphatic carbocycles. The van der Waals surface area contributed by atoms with Crippen LogP contribution in [-0.4, -0.2) is 17.6 Å². The zero-order valence-corrected chi connectivity index (χ0v) is 13.3. The second kappa shape index (κ2) is 7.43. The van der Waals surface area contributed by atoms with E-state index < -0.39 is 5.60 Å². The van der Waals surface area contributed by atoms with Crippen molar-refractivity contribution in [3.05, 3.63) is 70.7 Å². The summed E-state index contributed by atoms with van der Waals surface area (Å²) in [7, 11) is 0. The van der Waals surface area contributed by atoms with Crippen molar-refractivity contribution < 1.29 is 9.90 Å². The van der Waals surface area contributed by atoms with E-state index in [1.165, 1.54) is 0 Å². The molecule has 0 radical (unpaired) electrons. The lowest BCUT2D eigenvalue weighted by Crippen LogP contribution is -2.38. The number of carbonyl (C=O) groups is 1. The van der Waals surface area contributed by atoms with Gasteiger partial charge >= 0.3 is 0 Å². The van der Waals surface area contributed by atoms with Gasteiger partial charge in [0.25, 0.3) is 0 Å². The summed E-state index contributed by atoms with van der Waals surface area (Å²) >= 11 is 5.83. The Balaban J connectivity index is 1.81. The molecule has 3 nitrogen and oxygen atoms in total. The average Bonchev–Trinajstić information content (AvgIpc) is 2.53. The molecular weight excluding hydrogens is 298 g/mol. The molecule has 0 spiro atoms. The van der Waals surface area contributed by atoms with Gasteiger partial charge in [0.15, 0.2) is 0 Å². The maximum atomic E-state index is 11.9. The fraction of sp³-hybridized carbons (Fsp3) is 0.278. The Bertz CT molecular complexity index is 609. The van der Waals surface area contributed by atoms with Crippen molar-refractivity contribution in [1.29, 1.82) is 0 Å². The number of benzene rings is 2. The summed E-state index contributed by atoms with van der Waals surface area (Å²) in [6.45, 7) is 1.89. The Morgan fingerprint density at radius 1 is 1.14 bits per heavy atom. The summed E-state index contributed by atoms with van der Waals surface area (Å²) in [4.78, 5) is 11.9. The first-order valence-corrected chi connectivity index (χ1v) is 7.64. The van der Waals surface area contributed by atoms with E-state index in [0.29, 0.717) is 17.9 Å². The Kier molecular flexibility index (Phi) is 5.58. The largest absolute Gasteiger partial charge is 0.384 e. The zero-order valence-electron chi connectivity index (χ0n) is 12.6. The van der Waals surface area contributed by atoms with E-state index in [2.05, 4.69) is 5.32 Å². The number of aryl methyl sites for hydroxylation is 1. The molecule has 1 atom stereocenters. The molecule has 4 heteroatoms. The minimum Gasteiger partial charge on any atom is -0.384 e. The van der Waals surface area contributed by atoms with Crippen LogP contribution in [0.3, 0.4) is 0 Å². The average molecular weight is 318 g/mol. The summed E-state index contributed by atoms with van der Waals surface area (Å²) in [6, 6.07) is 16.8. The van der Waals surface area contributed by atoms with Crippen molar-refractivity contribution in [3.8, 4) is 0 Å². The Hall–Kier alpha value is -1.84. The zero-order chi connectivity index (χ0) is 16.0. The number of nitrogens with one attached hydrogen (secondary N) is 1. The van der Waals surface area contributed by atoms with Crippen LogP contribution in [0.25, 0.3) is 0 Å². The maximum Gasteiger partial charge on any atom is 0.220 e. The summed E-state index contributed by atoms with van der Waals surface area (Å²) in [5, 5.41) is 13.9. The molecular formula is C18H20ClNO2. The summed E-state index contributed by atoms with van der Waals surface area (Å²) in [6.07, 6.45) is 1.03. The maximum absolute atomic E-state index is 11.9. The molecule has 2 aromatic rings. The van der Waals surface area contributed by atoms with Crippen molar-refractivity contribution in [2.24, 2.45) is 0 Å². The molecule has 116 valence electrons. The molecule has 2 rings (SSSR count). The van der Waals surface area contributed by atoms with E-state index in [1.54, 1.807) is 6.92 Å². The van der Waals surface area contributed by atoms with Gasteiger partial charge in [-0.05, 0) is 36.6 Å². The van der Waals surface area contributed by atoms with Gasteiger partial charge in [-0.15, -0.1) is 0 Å². The third-order valence-electron chi connectivity index (χ3n) is 3.58. The van der Waals surface area contributed by atoms with Crippen LogP contribution in [0.1, 0.15) is 24.5 Å². The lowest BCUT2D eigenvalue weighted by molar-refractivity contribution is -0.122. The van der Waals surface area contributed by atoms with Crippen LogP contribution < -0.4 is 5.32 Å². The van der Waals surface area contributed by atoms with Crippen molar-refractivity contribution in [1.82, 2.24) is 5.32 Å². The summed E-state index contributed by atoms with van der Waals surface area (Å²) in [5.41, 5.74) is 0.777. The van der Waals surface area contributed by atoms with Gasteiger partial charge in [-0.25, -0.2) is 0 Å². The minimum absolute atomic E-state index is 0.0776. The van der Waals surface area contributed by atoms with Gasteiger partial charge in [-0.2, -0.15) is 0 Å². The van der Waals surface area contributed by atoms with E-state index in [9.17, 15) is 9.90 Å². The number of aliphatic hydroxyl groups is 1. The molecule has 0 saturated heterocycles. The van der Waals surface area contributed by atoms with E-state index in [4.69, 9.17) is 11.6 Å². The number of carbonyl (C=O) groups excluding carboxylic acids is 1. The lowest BCUT2D eigenvalue weighted by Gasteiger charge is -2.24. The fourth-order valence-electron chi connectivity index (χ4n) is 2.17. The number of amides is 1. The molecule has 0 aliphatic rings. The third kappa shape index (κ3) is 4.86. The van der Waals surface area contributed by atoms with Gasteiger partial charge in [-0.1, -0.05) is 54.1 Å². The Labute approximate surface area is 135 Å². The van der Waals surface area contributed by atoms with Crippen LogP contribution in [0.2, 0.25) is 5.02 Å². The topological polar surface area (TPSA) is 49.3 Å². The minimum atomic E-state index is -1.07. The molecule has 0 aliphatic heterocycles. The molecule has 0 heterocycles. The highest BCUT2D eigenvalue weighted by Gasteiger charge is 2.23. The van der Waals surface area contributed by atoms with Crippen molar-refractivity contribution >= 4 is 17.5 Å². The number of halogens is 1. The molecule has 0 bridgehead atoms. The monoisotopic (exact) mass is 317 g/mol. The van der Waals surface area contributed by atoms with Gasteiger partial charge in [0.2, 0.25) is 5.91 Å². The van der Waals surface area contributed by atoms with Gasteiger partial charge < -0.3 is 10.4 Å². The molecule has 2 aromatic carbocycles. The smallest absolute Gasteiger partial charge is 0.220 e. The SMILES string of the molecule is CC(O)(CNC(=O)CCc1ccc(Cl)cc1)c1ccccc1. The van der Waals surface area contributed by atoms with Gasteiger partial charge in [0, 0.05) is 11.4 Å². The number of rotatable bonds is 6. The predicted molar refractivity (Wildman–Crippen MR) is 88.8 cm³/mol. The van der Waals surface area contributed by atoms with Crippen LogP contribution in [-0.2, 0) is 16.8 Å². The molecule has 2 N–H and O–H groups in total. The summed E-state index contributed by atoms with van der Waals surface area (Å²) < 4.78 is 0. The Morgan fingerprint density at radius 2 is 1.77 bits per heavy atom.